The highest BCUT2D eigenvalue weighted by molar-refractivity contribution is 7.80. The van der Waals surface area contributed by atoms with Crippen molar-refractivity contribution in [2.75, 3.05) is 5.32 Å². The van der Waals surface area contributed by atoms with Crippen molar-refractivity contribution in [3.63, 3.8) is 0 Å². The molecule has 1 atom stereocenters. The highest BCUT2D eigenvalue weighted by atomic mass is 32.1. The standard InChI is InChI=1S/C15H24N2OS/c1-5-6-12(4)16-15(19)17-13-7-9-14(10-8-13)18-11(2)3/h7-12H,5-6H2,1-4H3,(H2,16,17,19)/t12-/m0/s1. The third-order valence-corrected chi connectivity index (χ3v) is 2.80. The van der Waals surface area contributed by atoms with Crippen LogP contribution in [0, 0.1) is 0 Å². The van der Waals surface area contributed by atoms with Crippen LogP contribution in [0.15, 0.2) is 24.3 Å². The summed E-state index contributed by atoms with van der Waals surface area (Å²) in [5.41, 5.74) is 0.970. The van der Waals surface area contributed by atoms with Crippen molar-refractivity contribution in [1.82, 2.24) is 5.32 Å². The predicted octanol–water partition coefficient (Wildman–Crippen LogP) is 3.95. The third-order valence-electron chi connectivity index (χ3n) is 2.58. The molecular formula is C15H24N2OS. The van der Waals surface area contributed by atoms with Crippen LogP contribution in [0.3, 0.4) is 0 Å². The lowest BCUT2D eigenvalue weighted by atomic mass is 10.2. The molecule has 0 heterocycles. The molecule has 106 valence electrons. The third kappa shape index (κ3) is 6.43. The summed E-state index contributed by atoms with van der Waals surface area (Å²) in [6, 6.07) is 8.22. The second-order valence-corrected chi connectivity index (χ2v) is 5.39. The first-order valence-corrected chi connectivity index (χ1v) is 7.26. The number of hydrogen-bond donors (Lipinski definition) is 2. The Morgan fingerprint density at radius 1 is 1.21 bits per heavy atom. The van der Waals surface area contributed by atoms with Gasteiger partial charge >= 0.3 is 0 Å². The largest absolute Gasteiger partial charge is 0.491 e. The molecule has 0 bridgehead atoms. The lowest BCUT2D eigenvalue weighted by Crippen LogP contribution is -2.35. The van der Waals surface area contributed by atoms with Crippen LogP contribution >= 0.6 is 12.2 Å². The molecule has 0 aliphatic carbocycles. The Hall–Kier alpha value is -1.29. The molecule has 0 radical (unpaired) electrons. The zero-order valence-corrected chi connectivity index (χ0v) is 13.0. The van der Waals surface area contributed by atoms with Gasteiger partial charge in [-0.2, -0.15) is 0 Å². The molecule has 0 saturated carbocycles. The lowest BCUT2D eigenvalue weighted by Gasteiger charge is -2.16. The van der Waals surface area contributed by atoms with Gasteiger partial charge in [-0.05, 0) is 63.7 Å². The van der Waals surface area contributed by atoms with Gasteiger partial charge in [0.05, 0.1) is 6.10 Å². The van der Waals surface area contributed by atoms with E-state index in [-0.39, 0.29) is 6.10 Å². The molecule has 1 aromatic carbocycles. The Morgan fingerprint density at radius 2 is 1.84 bits per heavy atom. The molecule has 0 fully saturated rings. The molecule has 0 unspecified atom stereocenters. The van der Waals surface area contributed by atoms with Crippen molar-refractivity contribution in [3.05, 3.63) is 24.3 Å². The number of rotatable bonds is 6. The smallest absolute Gasteiger partial charge is 0.170 e. The maximum atomic E-state index is 5.59. The summed E-state index contributed by atoms with van der Waals surface area (Å²) in [5.74, 6) is 0.874. The van der Waals surface area contributed by atoms with E-state index in [0.717, 1.165) is 24.3 Å². The van der Waals surface area contributed by atoms with Gasteiger partial charge in [0.1, 0.15) is 5.75 Å². The van der Waals surface area contributed by atoms with E-state index in [9.17, 15) is 0 Å². The van der Waals surface area contributed by atoms with Gasteiger partial charge in [-0.15, -0.1) is 0 Å². The van der Waals surface area contributed by atoms with Crippen LogP contribution in [0.4, 0.5) is 5.69 Å². The summed E-state index contributed by atoms with van der Waals surface area (Å²) in [6.07, 6.45) is 2.46. The fourth-order valence-electron chi connectivity index (χ4n) is 1.79. The van der Waals surface area contributed by atoms with E-state index in [0.29, 0.717) is 11.2 Å². The quantitative estimate of drug-likeness (QED) is 0.773. The van der Waals surface area contributed by atoms with E-state index < -0.39 is 0 Å². The first kappa shape index (κ1) is 15.8. The topological polar surface area (TPSA) is 33.3 Å². The second-order valence-electron chi connectivity index (χ2n) is 4.98. The molecule has 4 heteroatoms. The van der Waals surface area contributed by atoms with Gasteiger partial charge in [-0.25, -0.2) is 0 Å². The van der Waals surface area contributed by atoms with Crippen LogP contribution in [-0.4, -0.2) is 17.3 Å². The van der Waals surface area contributed by atoms with Gasteiger partial charge < -0.3 is 15.4 Å². The molecule has 0 aromatic heterocycles. The summed E-state index contributed by atoms with van der Waals surface area (Å²) in [5, 5.41) is 7.11. The monoisotopic (exact) mass is 280 g/mol. The molecule has 2 N–H and O–H groups in total. The minimum Gasteiger partial charge on any atom is -0.491 e. The van der Waals surface area contributed by atoms with Crippen molar-refractivity contribution in [3.8, 4) is 5.75 Å². The Balaban J connectivity index is 2.46. The number of ether oxygens (including phenoxy) is 1. The zero-order valence-electron chi connectivity index (χ0n) is 12.2. The Labute approximate surface area is 121 Å². The van der Waals surface area contributed by atoms with E-state index in [1.165, 1.54) is 0 Å². The molecule has 19 heavy (non-hydrogen) atoms. The number of hydrogen-bond acceptors (Lipinski definition) is 2. The maximum Gasteiger partial charge on any atom is 0.170 e. The number of nitrogens with one attached hydrogen (secondary N) is 2. The Morgan fingerprint density at radius 3 is 2.37 bits per heavy atom. The van der Waals surface area contributed by atoms with Crippen LogP contribution in [0.5, 0.6) is 5.75 Å². The fourth-order valence-corrected chi connectivity index (χ4v) is 2.10. The van der Waals surface area contributed by atoms with E-state index in [1.54, 1.807) is 0 Å². The van der Waals surface area contributed by atoms with Gasteiger partial charge in [0.2, 0.25) is 0 Å². The Kier molecular flexibility index (Phi) is 6.64. The first-order chi connectivity index (χ1) is 9.01. The number of anilines is 1. The predicted molar refractivity (Wildman–Crippen MR) is 85.9 cm³/mol. The van der Waals surface area contributed by atoms with Crippen molar-refractivity contribution >= 4 is 23.0 Å². The van der Waals surface area contributed by atoms with Gasteiger partial charge in [-0.1, -0.05) is 13.3 Å². The van der Waals surface area contributed by atoms with E-state index in [1.807, 2.05) is 38.1 Å². The van der Waals surface area contributed by atoms with Crippen molar-refractivity contribution in [2.45, 2.75) is 52.7 Å². The van der Waals surface area contributed by atoms with Gasteiger partial charge in [0, 0.05) is 11.7 Å². The minimum absolute atomic E-state index is 0.191. The molecule has 0 aliphatic heterocycles. The molecule has 0 spiro atoms. The molecule has 0 saturated heterocycles. The van der Waals surface area contributed by atoms with Crippen molar-refractivity contribution in [1.29, 1.82) is 0 Å². The van der Waals surface area contributed by atoms with Crippen LogP contribution in [0.25, 0.3) is 0 Å². The summed E-state index contributed by atoms with van der Waals surface area (Å²) < 4.78 is 5.59. The molecular weight excluding hydrogens is 256 g/mol. The van der Waals surface area contributed by atoms with Crippen molar-refractivity contribution in [2.24, 2.45) is 0 Å². The minimum atomic E-state index is 0.191. The fraction of sp³-hybridized carbons (Fsp3) is 0.533. The maximum absolute atomic E-state index is 5.59. The average Bonchev–Trinajstić information content (AvgIpc) is 2.31. The van der Waals surface area contributed by atoms with E-state index in [4.69, 9.17) is 17.0 Å². The summed E-state index contributed by atoms with van der Waals surface area (Å²) in [6.45, 7) is 8.33. The van der Waals surface area contributed by atoms with Crippen LogP contribution in [0.2, 0.25) is 0 Å². The molecule has 1 rings (SSSR count). The van der Waals surface area contributed by atoms with Gasteiger partial charge in [0.25, 0.3) is 0 Å². The normalized spacial score (nSPS) is 12.1. The molecule has 0 amide bonds. The van der Waals surface area contributed by atoms with Crippen LogP contribution < -0.4 is 15.4 Å². The lowest BCUT2D eigenvalue weighted by molar-refractivity contribution is 0.242. The summed E-state index contributed by atoms with van der Waals surface area (Å²) in [7, 11) is 0. The summed E-state index contributed by atoms with van der Waals surface area (Å²) >= 11 is 5.28. The van der Waals surface area contributed by atoms with Gasteiger partial charge in [0.15, 0.2) is 5.11 Å². The van der Waals surface area contributed by atoms with E-state index >= 15 is 0 Å². The Bertz CT molecular complexity index is 390. The second kappa shape index (κ2) is 8.00. The van der Waals surface area contributed by atoms with Crippen molar-refractivity contribution < 1.29 is 4.74 Å². The number of thiocarbonyl (C=S) groups is 1. The highest BCUT2D eigenvalue weighted by Crippen LogP contribution is 2.16. The van der Waals surface area contributed by atoms with Crippen LogP contribution in [-0.2, 0) is 0 Å². The van der Waals surface area contributed by atoms with Gasteiger partial charge in [-0.3, -0.25) is 0 Å². The zero-order chi connectivity index (χ0) is 14.3. The highest BCUT2D eigenvalue weighted by Gasteiger charge is 2.03. The number of benzene rings is 1. The van der Waals surface area contributed by atoms with Crippen LogP contribution in [0.1, 0.15) is 40.5 Å². The first-order valence-electron chi connectivity index (χ1n) is 6.85. The SMILES string of the molecule is CCC[C@H](C)NC(=S)Nc1ccc(OC(C)C)cc1. The van der Waals surface area contributed by atoms with E-state index in [2.05, 4.69) is 24.5 Å². The molecule has 3 nitrogen and oxygen atoms in total. The summed E-state index contributed by atoms with van der Waals surface area (Å²) in [4.78, 5) is 0. The molecule has 0 aliphatic rings. The average molecular weight is 280 g/mol. The molecule has 1 aromatic rings.